The van der Waals surface area contributed by atoms with Crippen molar-refractivity contribution in [2.75, 3.05) is 39.8 Å². The molecule has 94 valence electrons. The van der Waals surface area contributed by atoms with Gasteiger partial charge in [0.25, 0.3) is 0 Å². The van der Waals surface area contributed by atoms with Crippen LogP contribution in [-0.4, -0.2) is 61.7 Å². The average Bonchev–Trinajstić information content (AvgIpc) is 2.58. The molecule has 0 aromatic heterocycles. The molecular formula is C13H27N3. The summed E-state index contributed by atoms with van der Waals surface area (Å²) in [6, 6.07) is 1.50. The first-order valence-electron chi connectivity index (χ1n) is 6.92. The summed E-state index contributed by atoms with van der Waals surface area (Å²) in [6.45, 7) is 8.61. The molecule has 0 amide bonds. The van der Waals surface area contributed by atoms with Crippen LogP contribution < -0.4 is 5.32 Å². The minimum absolute atomic E-state index is 0.720. The fourth-order valence-electron chi connectivity index (χ4n) is 3.22. The van der Waals surface area contributed by atoms with Gasteiger partial charge in [-0.05, 0) is 46.3 Å². The summed E-state index contributed by atoms with van der Waals surface area (Å²) in [7, 11) is 2.26. The van der Waals surface area contributed by atoms with Gasteiger partial charge in [0, 0.05) is 31.7 Å². The van der Waals surface area contributed by atoms with Crippen LogP contribution in [0.1, 0.15) is 32.6 Å². The molecule has 2 atom stereocenters. The second-order valence-electron chi connectivity index (χ2n) is 5.56. The maximum Gasteiger partial charge on any atom is 0.0224 e. The predicted octanol–water partition coefficient (Wildman–Crippen LogP) is 1.15. The van der Waals surface area contributed by atoms with E-state index in [9.17, 15) is 0 Å². The third-order valence-electron chi connectivity index (χ3n) is 4.09. The van der Waals surface area contributed by atoms with E-state index in [1.54, 1.807) is 0 Å². The lowest BCUT2D eigenvalue weighted by molar-refractivity contribution is 0.136. The van der Waals surface area contributed by atoms with E-state index < -0.39 is 0 Å². The zero-order valence-electron chi connectivity index (χ0n) is 10.9. The standard InChI is InChI=1S/C13H27N3/c1-12-11-15(2)8-5-9-16(12)13-6-3-4-7-14-10-13/h12-14H,3-11H2,1-2H3. The minimum Gasteiger partial charge on any atom is -0.315 e. The number of hydrogen-bond acceptors (Lipinski definition) is 3. The number of likely N-dealkylation sites (N-methyl/N-ethyl adjacent to an activating group) is 1. The summed E-state index contributed by atoms with van der Waals surface area (Å²) >= 11 is 0. The third-order valence-corrected chi connectivity index (χ3v) is 4.09. The van der Waals surface area contributed by atoms with E-state index in [0.29, 0.717) is 0 Å². The molecule has 2 saturated heterocycles. The quantitative estimate of drug-likeness (QED) is 0.722. The van der Waals surface area contributed by atoms with Crippen molar-refractivity contribution < 1.29 is 0 Å². The molecule has 2 unspecified atom stereocenters. The first-order chi connectivity index (χ1) is 7.77. The van der Waals surface area contributed by atoms with Gasteiger partial charge in [0.2, 0.25) is 0 Å². The molecule has 2 heterocycles. The van der Waals surface area contributed by atoms with Crippen LogP contribution in [0.4, 0.5) is 0 Å². The lowest BCUT2D eigenvalue weighted by Crippen LogP contribution is -2.48. The van der Waals surface area contributed by atoms with Crippen molar-refractivity contribution in [1.29, 1.82) is 0 Å². The van der Waals surface area contributed by atoms with E-state index in [4.69, 9.17) is 0 Å². The number of rotatable bonds is 1. The SMILES string of the molecule is CC1CN(C)CCCN1C1CCCCNC1. The fraction of sp³-hybridized carbons (Fsp3) is 1.00. The van der Waals surface area contributed by atoms with Gasteiger partial charge in [-0.15, -0.1) is 0 Å². The molecule has 2 aliphatic heterocycles. The van der Waals surface area contributed by atoms with Gasteiger partial charge in [0.1, 0.15) is 0 Å². The van der Waals surface area contributed by atoms with Crippen molar-refractivity contribution in [3.8, 4) is 0 Å². The van der Waals surface area contributed by atoms with Crippen LogP contribution in [0.3, 0.4) is 0 Å². The van der Waals surface area contributed by atoms with E-state index in [2.05, 4.69) is 29.1 Å². The molecule has 3 heteroatoms. The Hall–Kier alpha value is -0.120. The normalized spacial score (nSPS) is 35.6. The Morgan fingerprint density at radius 2 is 2.00 bits per heavy atom. The van der Waals surface area contributed by atoms with E-state index in [1.807, 2.05) is 0 Å². The van der Waals surface area contributed by atoms with Crippen LogP contribution >= 0.6 is 0 Å². The Morgan fingerprint density at radius 3 is 2.88 bits per heavy atom. The molecule has 0 saturated carbocycles. The molecule has 2 aliphatic rings. The van der Waals surface area contributed by atoms with Crippen molar-refractivity contribution >= 4 is 0 Å². The molecule has 2 fully saturated rings. The first kappa shape index (κ1) is 12.3. The fourth-order valence-corrected chi connectivity index (χ4v) is 3.22. The number of nitrogens with zero attached hydrogens (tertiary/aromatic N) is 2. The van der Waals surface area contributed by atoms with Crippen LogP contribution in [0.2, 0.25) is 0 Å². The molecule has 1 N–H and O–H groups in total. The van der Waals surface area contributed by atoms with Crippen molar-refractivity contribution in [3.63, 3.8) is 0 Å². The lowest BCUT2D eigenvalue weighted by atomic mass is 10.1. The van der Waals surface area contributed by atoms with Gasteiger partial charge >= 0.3 is 0 Å². The number of nitrogens with one attached hydrogen (secondary N) is 1. The summed E-state index contributed by atoms with van der Waals surface area (Å²) in [5, 5.41) is 3.59. The largest absolute Gasteiger partial charge is 0.315 e. The average molecular weight is 225 g/mol. The van der Waals surface area contributed by atoms with Gasteiger partial charge < -0.3 is 10.2 Å². The van der Waals surface area contributed by atoms with E-state index >= 15 is 0 Å². The second kappa shape index (κ2) is 5.99. The summed E-state index contributed by atoms with van der Waals surface area (Å²) in [5.41, 5.74) is 0. The van der Waals surface area contributed by atoms with Crippen LogP contribution in [-0.2, 0) is 0 Å². The van der Waals surface area contributed by atoms with Gasteiger partial charge in [-0.1, -0.05) is 6.42 Å². The molecule has 3 nitrogen and oxygen atoms in total. The van der Waals surface area contributed by atoms with E-state index in [-0.39, 0.29) is 0 Å². The zero-order valence-corrected chi connectivity index (χ0v) is 10.9. The zero-order chi connectivity index (χ0) is 11.4. The van der Waals surface area contributed by atoms with E-state index in [0.717, 1.165) is 12.1 Å². The third kappa shape index (κ3) is 3.19. The summed E-state index contributed by atoms with van der Waals surface area (Å²) in [6.07, 6.45) is 5.48. The van der Waals surface area contributed by atoms with Gasteiger partial charge in [0.05, 0.1) is 0 Å². The summed E-state index contributed by atoms with van der Waals surface area (Å²) < 4.78 is 0. The van der Waals surface area contributed by atoms with Crippen molar-refractivity contribution in [1.82, 2.24) is 15.1 Å². The molecule has 0 aliphatic carbocycles. The maximum absolute atomic E-state index is 3.59. The molecule has 0 bridgehead atoms. The Labute approximate surface area is 100 Å². The van der Waals surface area contributed by atoms with Crippen LogP contribution in [0, 0.1) is 0 Å². The Balaban J connectivity index is 1.94. The van der Waals surface area contributed by atoms with Crippen LogP contribution in [0.5, 0.6) is 0 Å². The predicted molar refractivity (Wildman–Crippen MR) is 68.8 cm³/mol. The summed E-state index contributed by atoms with van der Waals surface area (Å²) in [5.74, 6) is 0. The molecule has 0 aromatic rings. The van der Waals surface area contributed by atoms with Gasteiger partial charge in [0.15, 0.2) is 0 Å². The lowest BCUT2D eigenvalue weighted by Gasteiger charge is -2.35. The molecule has 0 aromatic carbocycles. The highest BCUT2D eigenvalue weighted by Crippen LogP contribution is 2.17. The highest BCUT2D eigenvalue weighted by Gasteiger charge is 2.26. The van der Waals surface area contributed by atoms with Gasteiger partial charge in [-0.25, -0.2) is 0 Å². The molecule has 16 heavy (non-hydrogen) atoms. The Kier molecular flexibility index (Phi) is 4.62. The van der Waals surface area contributed by atoms with Crippen LogP contribution in [0.15, 0.2) is 0 Å². The highest BCUT2D eigenvalue weighted by atomic mass is 15.3. The van der Waals surface area contributed by atoms with Crippen LogP contribution in [0.25, 0.3) is 0 Å². The van der Waals surface area contributed by atoms with Gasteiger partial charge in [-0.2, -0.15) is 0 Å². The van der Waals surface area contributed by atoms with Crippen molar-refractivity contribution in [3.05, 3.63) is 0 Å². The second-order valence-corrected chi connectivity index (χ2v) is 5.56. The smallest absolute Gasteiger partial charge is 0.0224 e. The topological polar surface area (TPSA) is 18.5 Å². The molecular weight excluding hydrogens is 198 g/mol. The number of hydrogen-bond donors (Lipinski definition) is 1. The first-order valence-corrected chi connectivity index (χ1v) is 6.92. The van der Waals surface area contributed by atoms with Crippen molar-refractivity contribution in [2.45, 2.75) is 44.7 Å². The van der Waals surface area contributed by atoms with Crippen molar-refractivity contribution in [2.24, 2.45) is 0 Å². The monoisotopic (exact) mass is 225 g/mol. The van der Waals surface area contributed by atoms with E-state index in [1.165, 1.54) is 58.4 Å². The molecule has 0 spiro atoms. The maximum atomic E-state index is 3.59. The Morgan fingerprint density at radius 1 is 1.12 bits per heavy atom. The highest BCUT2D eigenvalue weighted by molar-refractivity contribution is 4.84. The van der Waals surface area contributed by atoms with Gasteiger partial charge in [-0.3, -0.25) is 4.90 Å². The Bertz CT molecular complexity index is 199. The summed E-state index contributed by atoms with van der Waals surface area (Å²) in [4.78, 5) is 5.23. The molecule has 0 radical (unpaired) electrons. The molecule has 2 rings (SSSR count). The minimum atomic E-state index is 0.720.